The molecule has 0 aliphatic carbocycles. The van der Waals surface area contributed by atoms with Crippen molar-refractivity contribution in [1.29, 1.82) is 5.41 Å². The summed E-state index contributed by atoms with van der Waals surface area (Å²) >= 11 is 2.13. The first kappa shape index (κ1) is 7.87. The van der Waals surface area contributed by atoms with Gasteiger partial charge in [-0.1, -0.05) is 22.6 Å². The van der Waals surface area contributed by atoms with Gasteiger partial charge in [0.05, 0.1) is 0 Å². The van der Waals surface area contributed by atoms with Gasteiger partial charge in [0.1, 0.15) is 4.05 Å². The van der Waals surface area contributed by atoms with Crippen molar-refractivity contribution in [3.05, 3.63) is 0 Å². The first-order valence-corrected chi connectivity index (χ1v) is 3.32. The molecular weight excluding hydrogens is 219 g/mol. The highest BCUT2D eigenvalue weighted by atomic mass is 127. The van der Waals surface area contributed by atoms with Crippen molar-refractivity contribution in [2.75, 3.05) is 0 Å². The number of hydrogen-bond acceptors (Lipinski definition) is 3. The van der Waals surface area contributed by atoms with Crippen LogP contribution in [-0.4, -0.2) is 16.8 Å². The lowest BCUT2D eigenvalue weighted by atomic mass is 10.8. The molecule has 0 aliphatic heterocycles. The molecule has 0 fully saturated rings. The third kappa shape index (κ3) is 5.87. The summed E-state index contributed by atoms with van der Waals surface area (Å²) in [5.41, 5.74) is 0. The number of halogens is 1. The molecule has 0 bridgehead atoms. The summed E-state index contributed by atoms with van der Waals surface area (Å²) in [6.07, 6.45) is 2.09. The van der Waals surface area contributed by atoms with E-state index in [4.69, 9.17) is 5.41 Å². The maximum atomic E-state index is 6.41. The Hall–Kier alpha value is -0.130. The number of nitrogens with one attached hydrogen (secondary N) is 1. The largest absolute Gasteiger partial charge is 0.435 e. The highest BCUT2D eigenvalue weighted by molar-refractivity contribution is 14.1. The topological polar surface area (TPSA) is 45.4 Å². The Kier molecular flexibility index (Phi) is 4.93. The van der Waals surface area contributed by atoms with Crippen LogP contribution in [-0.2, 0) is 4.74 Å². The molecule has 0 heterocycles. The number of alkyl halides is 1. The van der Waals surface area contributed by atoms with Gasteiger partial charge in [0, 0.05) is 0 Å². The maximum Gasteiger partial charge on any atom is 0.179 e. The van der Waals surface area contributed by atoms with Crippen LogP contribution in [0.15, 0.2) is 4.99 Å². The predicted octanol–water partition coefficient (Wildman–Crippen LogP) is 1.42. The summed E-state index contributed by atoms with van der Waals surface area (Å²) in [7, 11) is 0. The van der Waals surface area contributed by atoms with Crippen molar-refractivity contribution in [1.82, 2.24) is 0 Å². The second-order valence-electron chi connectivity index (χ2n) is 1.08. The fourth-order valence-electron chi connectivity index (χ4n) is 0.149. The average molecular weight is 226 g/mol. The van der Waals surface area contributed by atoms with Crippen LogP contribution in [0.25, 0.3) is 0 Å². The lowest BCUT2D eigenvalue weighted by Crippen LogP contribution is -1.86. The average Bonchev–Trinajstić information content (AvgIpc) is 1.66. The Balaban J connectivity index is 3.19. The minimum atomic E-state index is 0.215. The molecule has 3 nitrogen and oxygen atoms in total. The van der Waals surface area contributed by atoms with E-state index >= 15 is 0 Å². The second kappa shape index (κ2) is 5.02. The van der Waals surface area contributed by atoms with Gasteiger partial charge in [0.25, 0.3) is 0 Å². The molecular formula is C4H7IN2O. The molecule has 46 valence electrons. The number of rotatable bonds is 3. The van der Waals surface area contributed by atoms with Crippen LogP contribution in [0.2, 0.25) is 0 Å². The van der Waals surface area contributed by atoms with Gasteiger partial charge in [-0.25, -0.2) is 4.99 Å². The fraction of sp³-hybridized carbons (Fsp3) is 0.500. The van der Waals surface area contributed by atoms with Crippen molar-refractivity contribution in [3.63, 3.8) is 0 Å². The molecule has 0 saturated heterocycles. The quantitative estimate of drug-likeness (QED) is 0.255. The lowest BCUT2D eigenvalue weighted by Gasteiger charge is -1.89. The van der Waals surface area contributed by atoms with Gasteiger partial charge < -0.3 is 4.74 Å². The molecule has 0 rings (SSSR count). The van der Waals surface area contributed by atoms with Gasteiger partial charge >= 0.3 is 0 Å². The molecule has 8 heavy (non-hydrogen) atoms. The standard InChI is InChI=1S/C4H7IN2O/c1-4(5)7-3-8-2-6/h2-4,6H,1H3/t4-/m1/s1. The number of ether oxygens (including phenoxy) is 1. The normalized spacial score (nSPS) is 13.8. The Morgan fingerprint density at radius 3 is 2.88 bits per heavy atom. The summed E-state index contributed by atoms with van der Waals surface area (Å²) in [5, 5.41) is 6.41. The van der Waals surface area contributed by atoms with E-state index in [0.717, 1.165) is 6.40 Å². The van der Waals surface area contributed by atoms with E-state index in [1.807, 2.05) is 6.92 Å². The molecule has 4 heteroatoms. The number of hydrogen-bond donors (Lipinski definition) is 1. The highest BCUT2D eigenvalue weighted by Gasteiger charge is 1.82. The molecule has 0 saturated carbocycles. The van der Waals surface area contributed by atoms with Crippen LogP contribution in [0, 0.1) is 5.41 Å². The predicted molar refractivity (Wildman–Crippen MR) is 41.8 cm³/mol. The molecule has 0 aliphatic rings. The SMILES string of the molecule is C[C@H](I)N=COC=N. The molecule has 0 aromatic rings. The molecule has 0 aromatic carbocycles. The minimum Gasteiger partial charge on any atom is -0.435 e. The van der Waals surface area contributed by atoms with Crippen molar-refractivity contribution < 1.29 is 4.74 Å². The van der Waals surface area contributed by atoms with Crippen LogP contribution >= 0.6 is 22.6 Å². The fourth-order valence-corrected chi connectivity index (χ4v) is 0.281. The summed E-state index contributed by atoms with van der Waals surface area (Å²) < 4.78 is 4.60. The summed E-state index contributed by atoms with van der Waals surface area (Å²) in [5.74, 6) is 0. The first-order valence-electron chi connectivity index (χ1n) is 2.07. The zero-order valence-electron chi connectivity index (χ0n) is 4.47. The first-order chi connectivity index (χ1) is 3.77. The van der Waals surface area contributed by atoms with Crippen LogP contribution in [0.5, 0.6) is 0 Å². The highest BCUT2D eigenvalue weighted by Crippen LogP contribution is 1.96. The lowest BCUT2D eigenvalue weighted by molar-refractivity contribution is 0.585. The zero-order chi connectivity index (χ0) is 6.41. The van der Waals surface area contributed by atoms with Crippen LogP contribution in [0.4, 0.5) is 0 Å². The van der Waals surface area contributed by atoms with E-state index in [1.54, 1.807) is 0 Å². The molecule has 1 atom stereocenters. The second-order valence-corrected chi connectivity index (χ2v) is 2.89. The third-order valence-electron chi connectivity index (χ3n) is 0.395. The Morgan fingerprint density at radius 1 is 1.88 bits per heavy atom. The maximum absolute atomic E-state index is 6.41. The van der Waals surface area contributed by atoms with Crippen molar-refractivity contribution in [2.24, 2.45) is 4.99 Å². The molecule has 0 radical (unpaired) electrons. The van der Waals surface area contributed by atoms with Crippen molar-refractivity contribution >= 4 is 35.4 Å². The molecule has 0 spiro atoms. The van der Waals surface area contributed by atoms with Gasteiger partial charge in [0.15, 0.2) is 12.8 Å². The number of aliphatic imine (C=N–C) groups is 1. The zero-order valence-corrected chi connectivity index (χ0v) is 6.62. The molecule has 1 N–H and O–H groups in total. The van der Waals surface area contributed by atoms with Gasteiger partial charge in [-0.2, -0.15) is 0 Å². The van der Waals surface area contributed by atoms with E-state index in [9.17, 15) is 0 Å². The summed E-state index contributed by atoms with van der Waals surface area (Å²) in [6.45, 7) is 1.92. The molecule has 0 aromatic heterocycles. The molecule has 0 unspecified atom stereocenters. The van der Waals surface area contributed by atoms with E-state index in [1.165, 1.54) is 6.40 Å². The minimum absolute atomic E-state index is 0.215. The Morgan fingerprint density at radius 2 is 2.50 bits per heavy atom. The van der Waals surface area contributed by atoms with E-state index < -0.39 is 0 Å². The summed E-state index contributed by atoms with van der Waals surface area (Å²) in [4.78, 5) is 3.80. The summed E-state index contributed by atoms with van der Waals surface area (Å²) in [6, 6.07) is 0. The van der Waals surface area contributed by atoms with E-state index in [-0.39, 0.29) is 4.05 Å². The van der Waals surface area contributed by atoms with Crippen LogP contribution in [0.1, 0.15) is 6.92 Å². The van der Waals surface area contributed by atoms with Gasteiger partial charge in [0.2, 0.25) is 0 Å². The van der Waals surface area contributed by atoms with Gasteiger partial charge in [-0.3, -0.25) is 5.41 Å². The van der Waals surface area contributed by atoms with Crippen LogP contribution < -0.4 is 0 Å². The van der Waals surface area contributed by atoms with Gasteiger partial charge in [-0.15, -0.1) is 0 Å². The monoisotopic (exact) mass is 226 g/mol. The van der Waals surface area contributed by atoms with Crippen LogP contribution in [0.3, 0.4) is 0 Å². The third-order valence-corrected chi connectivity index (χ3v) is 0.717. The smallest absolute Gasteiger partial charge is 0.179 e. The Bertz CT molecular complexity index is 92.0. The molecule has 0 amide bonds. The van der Waals surface area contributed by atoms with Gasteiger partial charge in [-0.05, 0) is 6.92 Å². The van der Waals surface area contributed by atoms with Crippen molar-refractivity contribution in [2.45, 2.75) is 11.0 Å². The van der Waals surface area contributed by atoms with Crippen molar-refractivity contribution in [3.8, 4) is 0 Å². The van der Waals surface area contributed by atoms with E-state index in [0.29, 0.717) is 0 Å². The number of nitrogens with zero attached hydrogens (tertiary/aromatic N) is 1. The van der Waals surface area contributed by atoms with E-state index in [2.05, 4.69) is 32.3 Å². The Labute approximate surface area is 61.8 Å².